The zero-order valence-corrected chi connectivity index (χ0v) is 12.8. The monoisotopic (exact) mass is 300 g/mol. The molecule has 0 amide bonds. The standard InChI is InChI=1S/C13H21BrN2O/c1-9-6-12(10(14)7-11(9)15)17-8-13(2,3)16(4)5/h6-7H,8,15H2,1-5H3. The molecule has 0 radical (unpaired) electrons. The number of halogens is 1. The van der Waals surface area contributed by atoms with Crippen LogP contribution in [0.25, 0.3) is 0 Å². The fraction of sp³-hybridized carbons (Fsp3) is 0.538. The predicted molar refractivity (Wildman–Crippen MR) is 76.6 cm³/mol. The van der Waals surface area contributed by atoms with E-state index in [9.17, 15) is 0 Å². The van der Waals surface area contributed by atoms with Crippen LogP contribution in [0.5, 0.6) is 5.75 Å². The Hall–Kier alpha value is -0.740. The predicted octanol–water partition coefficient (Wildman–Crippen LogP) is 3.06. The van der Waals surface area contributed by atoms with Gasteiger partial charge in [-0.05, 0) is 68.5 Å². The van der Waals surface area contributed by atoms with Crippen LogP contribution in [-0.4, -0.2) is 31.1 Å². The van der Waals surface area contributed by atoms with Crippen LogP contribution < -0.4 is 10.5 Å². The van der Waals surface area contributed by atoms with Crippen molar-refractivity contribution < 1.29 is 4.74 Å². The van der Waals surface area contributed by atoms with Crippen molar-refractivity contribution >= 4 is 21.6 Å². The van der Waals surface area contributed by atoms with Crippen LogP contribution in [0.3, 0.4) is 0 Å². The lowest BCUT2D eigenvalue weighted by molar-refractivity contribution is 0.113. The molecule has 0 aromatic heterocycles. The van der Waals surface area contributed by atoms with Crippen molar-refractivity contribution in [1.82, 2.24) is 4.90 Å². The van der Waals surface area contributed by atoms with Gasteiger partial charge in [0.1, 0.15) is 12.4 Å². The first kappa shape index (κ1) is 14.3. The number of nitrogens with two attached hydrogens (primary N) is 1. The number of benzene rings is 1. The Bertz CT molecular complexity index is 403. The Morgan fingerprint density at radius 3 is 2.47 bits per heavy atom. The molecule has 1 rings (SSSR count). The summed E-state index contributed by atoms with van der Waals surface area (Å²) in [5.74, 6) is 0.839. The summed E-state index contributed by atoms with van der Waals surface area (Å²) in [5.41, 5.74) is 7.63. The summed E-state index contributed by atoms with van der Waals surface area (Å²) in [6.45, 7) is 6.89. The Morgan fingerprint density at radius 2 is 1.94 bits per heavy atom. The number of hydrogen-bond acceptors (Lipinski definition) is 3. The molecule has 1 aromatic carbocycles. The Labute approximate surface area is 112 Å². The topological polar surface area (TPSA) is 38.5 Å². The normalized spacial score (nSPS) is 11.9. The fourth-order valence-electron chi connectivity index (χ4n) is 1.16. The SMILES string of the molecule is Cc1cc(OCC(C)(C)N(C)C)c(Br)cc1N. The van der Waals surface area contributed by atoms with Crippen LogP contribution in [0.15, 0.2) is 16.6 Å². The van der Waals surface area contributed by atoms with E-state index < -0.39 is 0 Å². The Balaban J connectivity index is 2.80. The average molecular weight is 301 g/mol. The molecule has 0 fully saturated rings. The van der Waals surface area contributed by atoms with Crippen molar-refractivity contribution in [2.45, 2.75) is 26.3 Å². The highest BCUT2D eigenvalue weighted by atomic mass is 79.9. The minimum atomic E-state index is -0.00523. The summed E-state index contributed by atoms with van der Waals surface area (Å²) in [7, 11) is 4.10. The quantitative estimate of drug-likeness (QED) is 0.869. The average Bonchev–Trinajstić information content (AvgIpc) is 2.21. The number of nitrogen functional groups attached to an aromatic ring is 1. The highest BCUT2D eigenvalue weighted by molar-refractivity contribution is 9.10. The van der Waals surface area contributed by atoms with Gasteiger partial charge < -0.3 is 15.4 Å². The number of anilines is 1. The van der Waals surface area contributed by atoms with E-state index in [2.05, 4.69) is 34.7 Å². The van der Waals surface area contributed by atoms with Crippen molar-refractivity contribution in [2.75, 3.05) is 26.4 Å². The molecule has 96 valence electrons. The molecule has 4 heteroatoms. The lowest BCUT2D eigenvalue weighted by Crippen LogP contribution is -2.43. The first-order valence-electron chi connectivity index (χ1n) is 5.60. The maximum absolute atomic E-state index is 5.85. The van der Waals surface area contributed by atoms with Crippen LogP contribution in [0, 0.1) is 6.92 Å². The summed E-state index contributed by atoms with van der Waals surface area (Å²) >= 11 is 3.47. The van der Waals surface area contributed by atoms with E-state index in [1.165, 1.54) is 0 Å². The lowest BCUT2D eigenvalue weighted by atomic mass is 10.1. The van der Waals surface area contributed by atoms with Crippen molar-refractivity contribution in [3.05, 3.63) is 22.2 Å². The van der Waals surface area contributed by atoms with Gasteiger partial charge in [0.2, 0.25) is 0 Å². The second-order valence-corrected chi connectivity index (χ2v) is 5.99. The van der Waals surface area contributed by atoms with Crippen LogP contribution in [-0.2, 0) is 0 Å². The fourth-order valence-corrected chi connectivity index (χ4v) is 1.64. The number of rotatable bonds is 4. The van der Waals surface area contributed by atoms with Crippen molar-refractivity contribution in [3.8, 4) is 5.75 Å². The third-order valence-electron chi connectivity index (χ3n) is 3.11. The molecule has 3 nitrogen and oxygen atoms in total. The third kappa shape index (κ3) is 3.61. The maximum Gasteiger partial charge on any atom is 0.133 e. The van der Waals surface area contributed by atoms with E-state index >= 15 is 0 Å². The minimum Gasteiger partial charge on any atom is -0.490 e. The van der Waals surface area contributed by atoms with Gasteiger partial charge in [-0.1, -0.05) is 0 Å². The molecule has 0 spiro atoms. The smallest absolute Gasteiger partial charge is 0.133 e. The van der Waals surface area contributed by atoms with Crippen LogP contribution in [0.1, 0.15) is 19.4 Å². The second kappa shape index (κ2) is 5.27. The van der Waals surface area contributed by atoms with Gasteiger partial charge in [0.25, 0.3) is 0 Å². The molecule has 0 atom stereocenters. The number of ether oxygens (including phenoxy) is 1. The molecule has 0 aliphatic carbocycles. The van der Waals surface area contributed by atoms with E-state index in [-0.39, 0.29) is 5.54 Å². The van der Waals surface area contributed by atoms with Crippen molar-refractivity contribution in [1.29, 1.82) is 0 Å². The number of aryl methyl sites for hydroxylation is 1. The molecule has 0 bridgehead atoms. The summed E-state index contributed by atoms with van der Waals surface area (Å²) < 4.78 is 6.75. The molecule has 0 saturated heterocycles. The maximum atomic E-state index is 5.85. The van der Waals surface area contributed by atoms with E-state index in [1.54, 1.807) is 0 Å². The van der Waals surface area contributed by atoms with Crippen molar-refractivity contribution in [3.63, 3.8) is 0 Å². The molecular weight excluding hydrogens is 280 g/mol. The van der Waals surface area contributed by atoms with Gasteiger partial charge in [-0.2, -0.15) is 0 Å². The number of nitrogens with zero attached hydrogens (tertiary/aromatic N) is 1. The first-order chi connectivity index (χ1) is 7.74. The molecule has 17 heavy (non-hydrogen) atoms. The Morgan fingerprint density at radius 1 is 1.35 bits per heavy atom. The van der Waals surface area contributed by atoms with Gasteiger partial charge in [0, 0.05) is 11.2 Å². The summed E-state index contributed by atoms with van der Waals surface area (Å²) in [5, 5.41) is 0. The van der Waals surface area contributed by atoms with E-state index in [0.29, 0.717) is 6.61 Å². The third-order valence-corrected chi connectivity index (χ3v) is 3.73. The van der Waals surface area contributed by atoms with Gasteiger partial charge in [-0.15, -0.1) is 0 Å². The van der Waals surface area contributed by atoms with Crippen LogP contribution in [0.4, 0.5) is 5.69 Å². The molecule has 2 N–H and O–H groups in total. The van der Waals surface area contributed by atoms with Gasteiger partial charge in [-0.25, -0.2) is 0 Å². The van der Waals surface area contributed by atoms with E-state index in [0.717, 1.165) is 21.5 Å². The van der Waals surface area contributed by atoms with Crippen LogP contribution >= 0.6 is 15.9 Å². The van der Waals surface area contributed by atoms with E-state index in [1.807, 2.05) is 33.2 Å². The van der Waals surface area contributed by atoms with Gasteiger partial charge in [-0.3, -0.25) is 0 Å². The number of likely N-dealkylation sites (N-methyl/N-ethyl adjacent to an activating group) is 1. The Kier molecular flexibility index (Phi) is 4.44. The highest BCUT2D eigenvalue weighted by Gasteiger charge is 2.21. The largest absolute Gasteiger partial charge is 0.490 e. The molecule has 0 unspecified atom stereocenters. The first-order valence-corrected chi connectivity index (χ1v) is 6.39. The molecule has 0 saturated carbocycles. The minimum absolute atomic E-state index is 0.00523. The van der Waals surface area contributed by atoms with Crippen molar-refractivity contribution in [2.24, 2.45) is 0 Å². The highest BCUT2D eigenvalue weighted by Crippen LogP contribution is 2.30. The number of hydrogen-bond donors (Lipinski definition) is 1. The van der Waals surface area contributed by atoms with E-state index in [4.69, 9.17) is 10.5 Å². The molecule has 0 heterocycles. The lowest BCUT2D eigenvalue weighted by Gasteiger charge is -2.32. The zero-order chi connectivity index (χ0) is 13.2. The summed E-state index contributed by atoms with van der Waals surface area (Å²) in [6.07, 6.45) is 0. The summed E-state index contributed by atoms with van der Waals surface area (Å²) in [6, 6.07) is 3.85. The molecule has 1 aromatic rings. The summed E-state index contributed by atoms with van der Waals surface area (Å²) in [4.78, 5) is 2.14. The molecule has 0 aliphatic heterocycles. The second-order valence-electron chi connectivity index (χ2n) is 5.13. The molecular formula is C13H21BrN2O. The van der Waals surface area contributed by atoms with Crippen LogP contribution in [0.2, 0.25) is 0 Å². The zero-order valence-electron chi connectivity index (χ0n) is 11.2. The van der Waals surface area contributed by atoms with Gasteiger partial charge >= 0.3 is 0 Å². The van der Waals surface area contributed by atoms with Gasteiger partial charge in [0.15, 0.2) is 0 Å². The molecule has 0 aliphatic rings. The van der Waals surface area contributed by atoms with Gasteiger partial charge in [0.05, 0.1) is 4.47 Å².